The van der Waals surface area contributed by atoms with Gasteiger partial charge in [-0.25, -0.2) is 4.98 Å². The molecule has 3 rings (SSSR count). The Kier molecular flexibility index (Phi) is 4.36. The molecule has 0 saturated carbocycles. The van der Waals surface area contributed by atoms with Crippen molar-refractivity contribution in [3.05, 3.63) is 36.2 Å². The quantitative estimate of drug-likeness (QED) is 0.875. The van der Waals surface area contributed by atoms with E-state index in [1.165, 1.54) is 11.4 Å². The van der Waals surface area contributed by atoms with Gasteiger partial charge in [0, 0.05) is 51.6 Å². The molecule has 1 saturated heterocycles. The van der Waals surface area contributed by atoms with Crippen LogP contribution in [0, 0.1) is 5.92 Å². The van der Waals surface area contributed by atoms with Crippen LogP contribution in [0.25, 0.3) is 0 Å². The van der Waals surface area contributed by atoms with Crippen molar-refractivity contribution in [2.45, 2.75) is 32.5 Å². The molecule has 114 valence electrons. The highest BCUT2D eigenvalue weighted by atomic mass is 16.5. The molecule has 2 atom stereocenters. The van der Waals surface area contributed by atoms with E-state index in [9.17, 15) is 0 Å². The van der Waals surface area contributed by atoms with Gasteiger partial charge in [0.1, 0.15) is 6.10 Å². The van der Waals surface area contributed by atoms with Gasteiger partial charge in [-0.3, -0.25) is 4.68 Å². The van der Waals surface area contributed by atoms with Crippen molar-refractivity contribution in [2.24, 2.45) is 13.0 Å². The van der Waals surface area contributed by atoms with Crippen molar-refractivity contribution in [3.63, 3.8) is 0 Å². The summed E-state index contributed by atoms with van der Waals surface area (Å²) in [7, 11) is 2.02. The van der Waals surface area contributed by atoms with Gasteiger partial charge in [0.2, 0.25) is 0 Å². The molecule has 0 amide bonds. The number of hydrogen-bond donors (Lipinski definition) is 1. The maximum atomic E-state index is 5.95. The number of nitrogens with zero attached hydrogens (tertiary/aromatic N) is 4. The summed E-state index contributed by atoms with van der Waals surface area (Å²) in [5.74, 6) is 0.500. The molecule has 21 heavy (non-hydrogen) atoms. The minimum Gasteiger partial charge on any atom is -0.372 e. The van der Waals surface area contributed by atoms with Crippen LogP contribution < -0.4 is 5.32 Å². The van der Waals surface area contributed by atoms with Crippen molar-refractivity contribution in [2.75, 3.05) is 13.2 Å². The van der Waals surface area contributed by atoms with Gasteiger partial charge in [-0.05, 0) is 19.4 Å². The zero-order valence-electron chi connectivity index (χ0n) is 12.7. The number of ether oxygens (including phenoxy) is 1. The minimum absolute atomic E-state index is 0.159. The monoisotopic (exact) mass is 289 g/mol. The second-order valence-corrected chi connectivity index (χ2v) is 5.54. The number of nitrogens with one attached hydrogen (secondary N) is 1. The summed E-state index contributed by atoms with van der Waals surface area (Å²) in [4.78, 5) is 4.14. The third-order valence-corrected chi connectivity index (χ3v) is 4.18. The topological polar surface area (TPSA) is 56.9 Å². The highest BCUT2D eigenvalue weighted by molar-refractivity contribution is 5.08. The Balaban J connectivity index is 1.58. The first-order valence-electron chi connectivity index (χ1n) is 7.58. The van der Waals surface area contributed by atoms with Crippen LogP contribution in [-0.2, 0) is 24.9 Å². The number of imidazole rings is 1. The van der Waals surface area contributed by atoms with E-state index in [4.69, 9.17) is 4.74 Å². The highest BCUT2D eigenvalue weighted by Gasteiger charge is 2.31. The second kappa shape index (κ2) is 6.41. The zero-order valence-corrected chi connectivity index (χ0v) is 12.7. The van der Waals surface area contributed by atoms with Crippen LogP contribution in [0.4, 0.5) is 0 Å². The molecule has 1 fully saturated rings. The van der Waals surface area contributed by atoms with E-state index < -0.39 is 0 Å². The second-order valence-electron chi connectivity index (χ2n) is 5.54. The molecular weight excluding hydrogens is 266 g/mol. The number of aromatic nitrogens is 4. The predicted molar refractivity (Wildman–Crippen MR) is 79.6 cm³/mol. The summed E-state index contributed by atoms with van der Waals surface area (Å²) in [6.07, 6.45) is 6.85. The SMILES string of the molecule is CCn1nccc1[C@@H]1OCC[C@H]1CNCc1cncn1C. The van der Waals surface area contributed by atoms with Crippen molar-refractivity contribution in [1.82, 2.24) is 24.6 Å². The van der Waals surface area contributed by atoms with Crippen LogP contribution in [0.1, 0.15) is 30.8 Å². The van der Waals surface area contributed by atoms with Gasteiger partial charge in [-0.1, -0.05) is 0 Å². The van der Waals surface area contributed by atoms with E-state index >= 15 is 0 Å². The van der Waals surface area contributed by atoms with E-state index in [0.29, 0.717) is 5.92 Å². The summed E-state index contributed by atoms with van der Waals surface area (Å²) in [6.45, 7) is 5.62. The zero-order chi connectivity index (χ0) is 14.7. The summed E-state index contributed by atoms with van der Waals surface area (Å²) < 4.78 is 10.0. The van der Waals surface area contributed by atoms with Crippen molar-refractivity contribution in [1.29, 1.82) is 0 Å². The van der Waals surface area contributed by atoms with Crippen LogP contribution in [-0.4, -0.2) is 32.5 Å². The Labute approximate surface area is 125 Å². The first-order valence-corrected chi connectivity index (χ1v) is 7.58. The fraction of sp³-hybridized carbons (Fsp3) is 0.600. The lowest BCUT2D eigenvalue weighted by Crippen LogP contribution is -2.26. The van der Waals surface area contributed by atoms with E-state index in [2.05, 4.69) is 28.4 Å². The third kappa shape index (κ3) is 3.01. The predicted octanol–water partition coefficient (Wildman–Crippen LogP) is 1.50. The molecule has 2 aromatic heterocycles. The fourth-order valence-corrected chi connectivity index (χ4v) is 2.96. The molecule has 1 aliphatic heterocycles. The molecular formula is C15H23N5O. The Morgan fingerprint density at radius 3 is 3.14 bits per heavy atom. The average Bonchev–Trinajstić information content (AvgIpc) is 3.19. The smallest absolute Gasteiger partial charge is 0.103 e. The molecule has 0 aromatic carbocycles. The van der Waals surface area contributed by atoms with Gasteiger partial charge >= 0.3 is 0 Å². The lowest BCUT2D eigenvalue weighted by atomic mass is 9.99. The van der Waals surface area contributed by atoms with Gasteiger partial charge in [-0.2, -0.15) is 5.10 Å². The molecule has 6 heteroatoms. The lowest BCUT2D eigenvalue weighted by Gasteiger charge is -2.20. The number of aryl methyl sites for hydroxylation is 2. The molecule has 0 radical (unpaired) electrons. The van der Waals surface area contributed by atoms with Gasteiger partial charge in [0.15, 0.2) is 0 Å². The summed E-state index contributed by atoms with van der Waals surface area (Å²) >= 11 is 0. The molecule has 0 bridgehead atoms. The minimum atomic E-state index is 0.159. The largest absolute Gasteiger partial charge is 0.372 e. The van der Waals surface area contributed by atoms with Crippen LogP contribution in [0.2, 0.25) is 0 Å². The molecule has 1 N–H and O–H groups in total. The average molecular weight is 289 g/mol. The molecule has 3 heterocycles. The van der Waals surface area contributed by atoms with E-state index in [-0.39, 0.29) is 6.10 Å². The Morgan fingerprint density at radius 2 is 2.38 bits per heavy atom. The number of rotatable bonds is 6. The van der Waals surface area contributed by atoms with Crippen LogP contribution in [0.5, 0.6) is 0 Å². The van der Waals surface area contributed by atoms with Gasteiger partial charge in [0.05, 0.1) is 17.7 Å². The fourth-order valence-electron chi connectivity index (χ4n) is 2.96. The Bertz CT molecular complexity index is 576. The lowest BCUT2D eigenvalue weighted by molar-refractivity contribution is 0.0829. The van der Waals surface area contributed by atoms with Crippen molar-refractivity contribution < 1.29 is 4.74 Å². The summed E-state index contributed by atoms with van der Waals surface area (Å²) in [5, 5.41) is 7.88. The highest BCUT2D eigenvalue weighted by Crippen LogP contribution is 2.33. The van der Waals surface area contributed by atoms with E-state index in [0.717, 1.165) is 32.7 Å². The van der Waals surface area contributed by atoms with Crippen molar-refractivity contribution >= 4 is 0 Å². The summed E-state index contributed by atoms with van der Waals surface area (Å²) in [6, 6.07) is 2.08. The normalized spacial score (nSPS) is 22.0. The van der Waals surface area contributed by atoms with Crippen LogP contribution in [0.15, 0.2) is 24.8 Å². The first kappa shape index (κ1) is 14.3. The third-order valence-electron chi connectivity index (χ3n) is 4.18. The first-order chi connectivity index (χ1) is 10.3. The standard InChI is InChI=1S/C15H23N5O/c1-3-20-14(4-6-18-20)15-12(5-7-21-15)8-16-9-13-10-17-11-19(13)2/h4,6,10-12,15-16H,3,5,7-9H2,1-2H3/t12-,15+/m0/s1. The maximum Gasteiger partial charge on any atom is 0.103 e. The van der Waals surface area contributed by atoms with Gasteiger partial charge in [0.25, 0.3) is 0 Å². The Hall–Kier alpha value is -1.66. The number of hydrogen-bond acceptors (Lipinski definition) is 4. The molecule has 0 spiro atoms. The molecule has 0 unspecified atom stereocenters. The molecule has 6 nitrogen and oxygen atoms in total. The Morgan fingerprint density at radius 1 is 1.48 bits per heavy atom. The van der Waals surface area contributed by atoms with E-state index in [1.54, 1.807) is 0 Å². The maximum absolute atomic E-state index is 5.95. The molecule has 2 aromatic rings. The molecule has 0 aliphatic carbocycles. The van der Waals surface area contributed by atoms with E-state index in [1.807, 2.05) is 35.0 Å². The van der Waals surface area contributed by atoms with Crippen LogP contribution in [0.3, 0.4) is 0 Å². The summed E-state index contributed by atoms with van der Waals surface area (Å²) in [5.41, 5.74) is 2.39. The molecule has 1 aliphatic rings. The van der Waals surface area contributed by atoms with Crippen LogP contribution >= 0.6 is 0 Å². The van der Waals surface area contributed by atoms with Crippen molar-refractivity contribution in [3.8, 4) is 0 Å². The van der Waals surface area contributed by atoms with Gasteiger partial charge in [-0.15, -0.1) is 0 Å². The van der Waals surface area contributed by atoms with Gasteiger partial charge < -0.3 is 14.6 Å².